The molecule has 0 saturated heterocycles. The van der Waals surface area contributed by atoms with Gasteiger partial charge in [-0.05, 0) is 74.2 Å². The SMILES string of the molecule is CCC(C(=O)NC1CCCCC1)N(Cc1ccc(Cl)cc1Cl)C(=O)CN(c1cccc(C(F)(F)F)c1)S(=O)(=O)c1ccc(C)cc1. The Labute approximate surface area is 277 Å². The number of hydrogen-bond donors (Lipinski definition) is 1. The van der Waals surface area contributed by atoms with E-state index in [0.717, 1.165) is 49.8 Å². The summed E-state index contributed by atoms with van der Waals surface area (Å²) in [6.45, 7) is 2.43. The Morgan fingerprint density at radius 2 is 1.65 bits per heavy atom. The molecule has 1 aliphatic carbocycles. The van der Waals surface area contributed by atoms with E-state index in [1.54, 1.807) is 38.1 Å². The predicted molar refractivity (Wildman–Crippen MR) is 173 cm³/mol. The fourth-order valence-corrected chi connectivity index (χ4v) is 7.38. The van der Waals surface area contributed by atoms with Crippen molar-refractivity contribution in [3.63, 3.8) is 0 Å². The quantitative estimate of drug-likeness (QED) is 0.222. The number of benzene rings is 3. The summed E-state index contributed by atoms with van der Waals surface area (Å²) in [6, 6.07) is 13.1. The lowest BCUT2D eigenvalue weighted by Gasteiger charge is -2.34. The van der Waals surface area contributed by atoms with E-state index in [0.29, 0.717) is 21.0 Å². The lowest BCUT2D eigenvalue weighted by molar-refractivity contribution is -0.140. The largest absolute Gasteiger partial charge is 0.416 e. The summed E-state index contributed by atoms with van der Waals surface area (Å²) in [4.78, 5) is 29.0. The molecule has 1 saturated carbocycles. The van der Waals surface area contributed by atoms with Gasteiger partial charge in [0.25, 0.3) is 10.0 Å². The number of aryl methyl sites for hydroxylation is 1. The van der Waals surface area contributed by atoms with Crippen LogP contribution in [-0.2, 0) is 32.3 Å². The molecule has 0 radical (unpaired) electrons. The van der Waals surface area contributed by atoms with Gasteiger partial charge in [-0.1, -0.05) is 79.2 Å². The van der Waals surface area contributed by atoms with Crippen LogP contribution in [-0.4, -0.2) is 43.8 Å². The number of halogens is 5. The van der Waals surface area contributed by atoms with Crippen molar-refractivity contribution in [2.75, 3.05) is 10.8 Å². The van der Waals surface area contributed by atoms with Gasteiger partial charge in [0.2, 0.25) is 11.8 Å². The maximum atomic E-state index is 14.3. The average molecular weight is 699 g/mol. The summed E-state index contributed by atoms with van der Waals surface area (Å²) in [7, 11) is -4.55. The average Bonchev–Trinajstić information content (AvgIpc) is 3.01. The molecule has 13 heteroatoms. The van der Waals surface area contributed by atoms with Crippen LogP contribution in [0.15, 0.2) is 71.6 Å². The van der Waals surface area contributed by atoms with E-state index in [1.807, 2.05) is 0 Å². The Hall–Kier alpha value is -3.28. The third-order valence-electron chi connectivity index (χ3n) is 8.04. The Morgan fingerprint density at radius 1 is 0.978 bits per heavy atom. The van der Waals surface area contributed by atoms with Crippen LogP contribution in [0.25, 0.3) is 0 Å². The molecule has 2 amide bonds. The van der Waals surface area contributed by atoms with Crippen molar-refractivity contribution in [2.45, 2.75) is 82.1 Å². The summed E-state index contributed by atoms with van der Waals surface area (Å²) < 4.78 is 69.8. The van der Waals surface area contributed by atoms with E-state index in [-0.39, 0.29) is 34.6 Å². The highest BCUT2D eigenvalue weighted by Gasteiger charge is 2.36. The summed E-state index contributed by atoms with van der Waals surface area (Å²) in [6.07, 6.45) is 0.0325. The molecule has 1 unspecified atom stereocenters. The van der Waals surface area contributed by atoms with Crippen LogP contribution in [0.5, 0.6) is 0 Å². The van der Waals surface area contributed by atoms with Crippen molar-refractivity contribution >= 4 is 50.7 Å². The first-order valence-electron chi connectivity index (χ1n) is 15.0. The normalized spacial score (nSPS) is 14.8. The Kier molecular flexibility index (Phi) is 11.7. The smallest absolute Gasteiger partial charge is 0.352 e. The molecule has 1 N–H and O–H groups in total. The fourth-order valence-electron chi connectivity index (χ4n) is 5.50. The second kappa shape index (κ2) is 15.1. The number of sulfonamides is 1. The van der Waals surface area contributed by atoms with Gasteiger partial charge in [-0.15, -0.1) is 0 Å². The predicted octanol–water partition coefficient (Wildman–Crippen LogP) is 7.77. The van der Waals surface area contributed by atoms with Gasteiger partial charge < -0.3 is 10.2 Å². The van der Waals surface area contributed by atoms with Crippen molar-refractivity contribution in [2.24, 2.45) is 0 Å². The molecule has 1 aliphatic rings. The number of carbonyl (C=O) groups excluding carboxylic acids is 2. The van der Waals surface area contributed by atoms with Crippen LogP contribution >= 0.6 is 23.2 Å². The van der Waals surface area contributed by atoms with E-state index in [2.05, 4.69) is 5.32 Å². The highest BCUT2D eigenvalue weighted by molar-refractivity contribution is 7.92. The standard InChI is InChI=1S/C33H36Cl2F3N3O4S/c1-3-30(32(43)39-26-9-5-4-6-10-26)40(20-23-14-15-25(34)19-29(23)35)31(42)21-41(27-11-7-8-24(18-27)33(36,37)38)46(44,45)28-16-12-22(2)13-17-28/h7-8,11-19,26,30H,3-6,9-10,20-21H2,1-2H3,(H,39,43). The number of alkyl halides is 3. The van der Waals surface area contributed by atoms with Crippen LogP contribution in [0.3, 0.4) is 0 Å². The molecule has 0 aliphatic heterocycles. The third kappa shape index (κ3) is 8.74. The summed E-state index contributed by atoms with van der Waals surface area (Å²) >= 11 is 12.5. The van der Waals surface area contributed by atoms with E-state index in [1.165, 1.54) is 29.2 Å². The Morgan fingerprint density at radius 3 is 2.26 bits per heavy atom. The number of carbonyl (C=O) groups is 2. The lowest BCUT2D eigenvalue weighted by atomic mass is 9.95. The molecule has 1 atom stereocenters. The summed E-state index contributed by atoms with van der Waals surface area (Å²) in [5, 5.41) is 3.63. The maximum absolute atomic E-state index is 14.3. The van der Waals surface area contributed by atoms with Crippen LogP contribution < -0.4 is 9.62 Å². The Bertz CT molecular complexity index is 1650. The van der Waals surface area contributed by atoms with Crippen molar-refractivity contribution in [3.8, 4) is 0 Å². The molecule has 3 aromatic rings. The van der Waals surface area contributed by atoms with Gasteiger partial charge in [0.1, 0.15) is 12.6 Å². The number of nitrogens with one attached hydrogen (secondary N) is 1. The van der Waals surface area contributed by atoms with Crippen LogP contribution in [0.1, 0.15) is 62.1 Å². The van der Waals surface area contributed by atoms with Crippen LogP contribution in [0.2, 0.25) is 10.0 Å². The zero-order valence-corrected chi connectivity index (χ0v) is 27.8. The van der Waals surface area contributed by atoms with Gasteiger partial charge in [-0.25, -0.2) is 8.42 Å². The highest BCUT2D eigenvalue weighted by atomic mass is 35.5. The maximum Gasteiger partial charge on any atom is 0.416 e. The number of amides is 2. The van der Waals surface area contributed by atoms with E-state index >= 15 is 0 Å². The third-order valence-corrected chi connectivity index (χ3v) is 10.4. The topological polar surface area (TPSA) is 86.8 Å². The van der Waals surface area contributed by atoms with Crippen molar-refractivity contribution < 1.29 is 31.2 Å². The molecule has 0 aromatic heterocycles. The van der Waals surface area contributed by atoms with Gasteiger partial charge in [-0.3, -0.25) is 13.9 Å². The Balaban J connectivity index is 1.77. The van der Waals surface area contributed by atoms with Gasteiger partial charge in [0.05, 0.1) is 16.1 Å². The second-order valence-electron chi connectivity index (χ2n) is 11.4. The first kappa shape index (κ1) is 35.6. The van der Waals surface area contributed by atoms with Crippen molar-refractivity contribution in [3.05, 3.63) is 93.5 Å². The highest BCUT2D eigenvalue weighted by Crippen LogP contribution is 2.34. The monoisotopic (exact) mass is 697 g/mol. The van der Waals surface area contributed by atoms with Crippen molar-refractivity contribution in [1.82, 2.24) is 10.2 Å². The number of rotatable bonds is 11. The second-order valence-corrected chi connectivity index (χ2v) is 14.1. The van der Waals surface area contributed by atoms with E-state index in [4.69, 9.17) is 23.2 Å². The number of anilines is 1. The number of nitrogens with zero attached hydrogens (tertiary/aromatic N) is 2. The summed E-state index contributed by atoms with van der Waals surface area (Å²) in [5.41, 5.74) is -0.214. The van der Waals surface area contributed by atoms with E-state index < -0.39 is 46.2 Å². The molecule has 0 bridgehead atoms. The fraction of sp³-hybridized carbons (Fsp3) is 0.394. The summed E-state index contributed by atoms with van der Waals surface area (Å²) in [5.74, 6) is -1.20. The molecule has 3 aromatic carbocycles. The van der Waals surface area contributed by atoms with Gasteiger partial charge >= 0.3 is 6.18 Å². The molecule has 0 spiro atoms. The molecular weight excluding hydrogens is 662 g/mol. The molecule has 0 heterocycles. The first-order chi connectivity index (χ1) is 21.7. The minimum atomic E-state index is -4.76. The molecule has 4 rings (SSSR count). The zero-order valence-electron chi connectivity index (χ0n) is 25.5. The molecular formula is C33H36Cl2F3N3O4S. The molecule has 7 nitrogen and oxygen atoms in total. The lowest BCUT2D eigenvalue weighted by Crippen LogP contribution is -2.54. The van der Waals surface area contributed by atoms with Gasteiger partial charge in [0.15, 0.2) is 0 Å². The molecule has 1 fully saturated rings. The van der Waals surface area contributed by atoms with Gasteiger partial charge in [-0.2, -0.15) is 13.2 Å². The van der Waals surface area contributed by atoms with Gasteiger partial charge in [0, 0.05) is 22.6 Å². The van der Waals surface area contributed by atoms with E-state index in [9.17, 15) is 31.2 Å². The van der Waals surface area contributed by atoms with Crippen LogP contribution in [0, 0.1) is 6.92 Å². The molecule has 46 heavy (non-hydrogen) atoms. The minimum Gasteiger partial charge on any atom is -0.352 e. The molecule has 248 valence electrons. The van der Waals surface area contributed by atoms with Crippen molar-refractivity contribution in [1.29, 1.82) is 0 Å². The van der Waals surface area contributed by atoms with Crippen LogP contribution in [0.4, 0.5) is 18.9 Å². The first-order valence-corrected chi connectivity index (χ1v) is 17.2. The minimum absolute atomic E-state index is 0.0603. The zero-order chi connectivity index (χ0) is 33.6. The number of hydrogen-bond acceptors (Lipinski definition) is 4.